The van der Waals surface area contributed by atoms with Crippen LogP contribution in [0, 0.1) is 0 Å². The molecule has 2 aliphatic rings. The summed E-state index contributed by atoms with van der Waals surface area (Å²) in [6.07, 6.45) is -0.935. The van der Waals surface area contributed by atoms with Crippen molar-refractivity contribution >= 4 is 12.1 Å². The van der Waals surface area contributed by atoms with Gasteiger partial charge in [0.25, 0.3) is 5.56 Å². The Bertz CT molecular complexity index is 1030. The number of ether oxygens (including phenoxy) is 3. The molecule has 29 heavy (non-hydrogen) atoms. The van der Waals surface area contributed by atoms with Crippen LogP contribution >= 0.6 is 0 Å². The molecule has 4 rings (SSSR count). The molecule has 11 nitrogen and oxygen atoms in total. The number of hydrogen-bond acceptors (Lipinski definition) is 8. The Morgan fingerprint density at radius 2 is 2.07 bits per heavy atom. The van der Waals surface area contributed by atoms with Crippen molar-refractivity contribution in [2.45, 2.75) is 31.4 Å². The van der Waals surface area contributed by atoms with Crippen molar-refractivity contribution < 1.29 is 29.2 Å². The standard InChI is InChI=1S/C18H19N3O8/c22-7-15-12(24)4-16(29-15)21-6-11(17(25)19-18(21)26)20(8-23)5-10-1-2-13-14(3-10)28-9-27-13/h1-3,6,8,12,15-16,22,24H,4-5,7,9H2,(H,19,25,26)/t12-,15+,16+/m0/s1. The van der Waals surface area contributed by atoms with Gasteiger partial charge in [0.1, 0.15) is 18.0 Å². The van der Waals surface area contributed by atoms with Crippen LogP contribution in [0.4, 0.5) is 5.69 Å². The normalized spacial score (nSPS) is 22.6. The molecule has 11 heteroatoms. The van der Waals surface area contributed by atoms with Gasteiger partial charge in [-0.2, -0.15) is 0 Å². The molecule has 1 aromatic heterocycles. The van der Waals surface area contributed by atoms with Crippen molar-refractivity contribution in [1.29, 1.82) is 0 Å². The maximum absolute atomic E-state index is 12.3. The summed E-state index contributed by atoms with van der Waals surface area (Å²) in [4.78, 5) is 39.5. The van der Waals surface area contributed by atoms with Gasteiger partial charge >= 0.3 is 5.69 Å². The van der Waals surface area contributed by atoms with Crippen LogP contribution in [-0.2, 0) is 16.1 Å². The number of aliphatic hydroxyl groups excluding tert-OH is 2. The topological polar surface area (TPSA) is 143 Å². The minimum Gasteiger partial charge on any atom is -0.454 e. The third kappa shape index (κ3) is 3.62. The van der Waals surface area contributed by atoms with E-state index < -0.39 is 36.3 Å². The second-order valence-corrected chi connectivity index (χ2v) is 6.72. The number of amides is 1. The van der Waals surface area contributed by atoms with Gasteiger partial charge in [-0.1, -0.05) is 6.07 Å². The molecule has 154 valence electrons. The molecule has 3 atom stereocenters. The number of aromatic amines is 1. The third-order valence-corrected chi connectivity index (χ3v) is 4.87. The Hall–Kier alpha value is -3.15. The summed E-state index contributed by atoms with van der Waals surface area (Å²) in [6.45, 7) is -0.245. The maximum Gasteiger partial charge on any atom is 0.330 e. The lowest BCUT2D eigenvalue weighted by Gasteiger charge is -2.20. The number of carbonyl (C=O) groups is 1. The Kier molecular flexibility index (Phi) is 5.09. The van der Waals surface area contributed by atoms with Gasteiger partial charge in [0.05, 0.1) is 19.3 Å². The fourth-order valence-corrected chi connectivity index (χ4v) is 3.36. The van der Waals surface area contributed by atoms with Crippen LogP contribution in [0.2, 0.25) is 0 Å². The van der Waals surface area contributed by atoms with Crippen LogP contribution in [-0.4, -0.2) is 51.8 Å². The van der Waals surface area contributed by atoms with Crippen LogP contribution in [0.3, 0.4) is 0 Å². The average Bonchev–Trinajstić information content (AvgIpc) is 3.32. The number of H-pyrrole nitrogens is 1. The molecule has 1 amide bonds. The number of aromatic nitrogens is 2. The van der Waals surface area contributed by atoms with Crippen LogP contribution in [0.5, 0.6) is 11.5 Å². The molecule has 2 aliphatic heterocycles. The summed E-state index contributed by atoms with van der Waals surface area (Å²) in [7, 11) is 0. The first-order valence-corrected chi connectivity index (χ1v) is 8.90. The van der Waals surface area contributed by atoms with E-state index in [4.69, 9.17) is 14.2 Å². The van der Waals surface area contributed by atoms with Crippen molar-refractivity contribution in [3.63, 3.8) is 0 Å². The molecular weight excluding hydrogens is 386 g/mol. The van der Waals surface area contributed by atoms with Crippen LogP contribution in [0.15, 0.2) is 34.0 Å². The van der Waals surface area contributed by atoms with E-state index >= 15 is 0 Å². The number of nitrogens with zero attached hydrogens (tertiary/aromatic N) is 2. The first kappa shape index (κ1) is 19.2. The summed E-state index contributed by atoms with van der Waals surface area (Å²) in [5.74, 6) is 1.13. The van der Waals surface area contributed by atoms with E-state index in [0.29, 0.717) is 23.5 Å². The predicted octanol–water partition coefficient (Wildman–Crippen LogP) is -0.931. The van der Waals surface area contributed by atoms with E-state index in [1.165, 1.54) is 6.20 Å². The number of rotatable bonds is 6. The van der Waals surface area contributed by atoms with Gasteiger partial charge in [-0.25, -0.2) is 4.79 Å². The molecular formula is C18H19N3O8. The summed E-state index contributed by atoms with van der Waals surface area (Å²) in [5, 5.41) is 19.1. The van der Waals surface area contributed by atoms with Crippen molar-refractivity contribution in [2.75, 3.05) is 18.3 Å². The van der Waals surface area contributed by atoms with Crippen molar-refractivity contribution in [1.82, 2.24) is 9.55 Å². The molecule has 0 aliphatic carbocycles. The number of nitrogens with one attached hydrogen (secondary N) is 1. The Balaban J connectivity index is 1.63. The SMILES string of the molecule is O=CN(Cc1ccc2c(c1)OCO2)c1cn([C@H]2C[C@H](O)[C@@H](CO)O2)c(=O)[nH]c1=O. The minimum absolute atomic E-state index is 0.0504. The van der Waals surface area contributed by atoms with E-state index in [-0.39, 0.29) is 25.4 Å². The monoisotopic (exact) mass is 405 g/mol. The number of benzene rings is 1. The van der Waals surface area contributed by atoms with E-state index in [1.54, 1.807) is 18.2 Å². The molecule has 1 fully saturated rings. The largest absolute Gasteiger partial charge is 0.454 e. The van der Waals surface area contributed by atoms with E-state index in [1.807, 2.05) is 0 Å². The first-order valence-electron chi connectivity index (χ1n) is 8.90. The van der Waals surface area contributed by atoms with E-state index in [0.717, 1.165) is 9.47 Å². The highest BCUT2D eigenvalue weighted by molar-refractivity contribution is 5.74. The summed E-state index contributed by atoms with van der Waals surface area (Å²) < 4.78 is 17.1. The van der Waals surface area contributed by atoms with Crippen molar-refractivity contribution in [2.24, 2.45) is 0 Å². The lowest BCUT2D eigenvalue weighted by atomic mass is 10.2. The molecule has 3 heterocycles. The molecule has 1 aromatic carbocycles. The highest BCUT2D eigenvalue weighted by atomic mass is 16.7. The predicted molar refractivity (Wildman–Crippen MR) is 97.8 cm³/mol. The fourth-order valence-electron chi connectivity index (χ4n) is 3.36. The van der Waals surface area contributed by atoms with Gasteiger partial charge in [0.15, 0.2) is 11.5 Å². The van der Waals surface area contributed by atoms with Gasteiger partial charge in [-0.15, -0.1) is 0 Å². The summed E-state index contributed by atoms with van der Waals surface area (Å²) in [5.41, 5.74) is -0.867. The fraction of sp³-hybridized carbons (Fsp3) is 0.389. The van der Waals surface area contributed by atoms with Gasteiger partial charge in [-0.05, 0) is 17.7 Å². The number of fused-ring (bicyclic) bond motifs is 1. The number of anilines is 1. The molecule has 0 spiro atoms. The number of hydrogen-bond donors (Lipinski definition) is 3. The van der Waals surface area contributed by atoms with E-state index in [2.05, 4.69) is 4.98 Å². The lowest BCUT2D eigenvalue weighted by Crippen LogP contribution is -2.37. The van der Waals surface area contributed by atoms with Gasteiger partial charge in [0.2, 0.25) is 13.2 Å². The first-order chi connectivity index (χ1) is 14.0. The van der Waals surface area contributed by atoms with Gasteiger partial charge < -0.3 is 29.3 Å². The smallest absolute Gasteiger partial charge is 0.330 e. The average molecular weight is 405 g/mol. The van der Waals surface area contributed by atoms with Gasteiger partial charge in [0, 0.05) is 12.6 Å². The maximum atomic E-state index is 12.3. The number of carbonyl (C=O) groups excluding carboxylic acids is 1. The zero-order valence-corrected chi connectivity index (χ0v) is 15.2. The zero-order chi connectivity index (χ0) is 20.5. The molecule has 1 saturated heterocycles. The Morgan fingerprint density at radius 1 is 1.28 bits per heavy atom. The summed E-state index contributed by atoms with van der Waals surface area (Å²) in [6, 6.07) is 5.14. The molecule has 3 N–H and O–H groups in total. The lowest BCUT2D eigenvalue weighted by molar-refractivity contribution is -0.107. The highest BCUT2D eigenvalue weighted by Gasteiger charge is 2.35. The second kappa shape index (κ2) is 7.70. The number of aliphatic hydroxyl groups is 2. The van der Waals surface area contributed by atoms with Gasteiger partial charge in [-0.3, -0.25) is 19.1 Å². The minimum atomic E-state index is -0.955. The molecule has 2 aromatic rings. The molecule has 0 radical (unpaired) electrons. The van der Waals surface area contributed by atoms with E-state index in [9.17, 15) is 24.6 Å². The highest BCUT2D eigenvalue weighted by Crippen LogP contribution is 2.33. The van der Waals surface area contributed by atoms with Crippen LogP contribution in [0.1, 0.15) is 18.2 Å². The zero-order valence-electron chi connectivity index (χ0n) is 15.2. The van der Waals surface area contributed by atoms with Crippen molar-refractivity contribution in [3.8, 4) is 11.5 Å². The molecule has 0 saturated carbocycles. The van der Waals surface area contributed by atoms with Crippen LogP contribution < -0.4 is 25.6 Å². The summed E-state index contributed by atoms with van der Waals surface area (Å²) >= 11 is 0. The Morgan fingerprint density at radius 3 is 2.79 bits per heavy atom. The Labute approximate surface area is 163 Å². The van der Waals surface area contributed by atoms with Crippen molar-refractivity contribution in [3.05, 3.63) is 50.8 Å². The third-order valence-electron chi connectivity index (χ3n) is 4.87. The second-order valence-electron chi connectivity index (χ2n) is 6.72. The molecule has 0 unspecified atom stereocenters. The quantitative estimate of drug-likeness (QED) is 0.523. The van der Waals surface area contributed by atoms with Crippen LogP contribution in [0.25, 0.3) is 0 Å². The molecule has 0 bridgehead atoms.